The Balaban J connectivity index is 1.55. The van der Waals surface area contributed by atoms with Crippen LogP contribution in [0.4, 0.5) is 11.5 Å². The maximum absolute atomic E-state index is 11.1. The molecule has 0 radical (unpaired) electrons. The van der Waals surface area contributed by atoms with Crippen LogP contribution in [-0.4, -0.2) is 64.7 Å². The highest BCUT2D eigenvalue weighted by Crippen LogP contribution is 2.30. The molecule has 1 aliphatic heterocycles. The number of hydrogen-bond acceptors (Lipinski definition) is 8. The quantitative estimate of drug-likeness (QED) is 0.480. The lowest BCUT2D eigenvalue weighted by Gasteiger charge is -2.22. The Hall–Kier alpha value is -3.43. The third kappa shape index (κ3) is 5.73. The van der Waals surface area contributed by atoms with Gasteiger partial charge in [-0.1, -0.05) is 0 Å². The molecule has 180 valence electrons. The van der Waals surface area contributed by atoms with Gasteiger partial charge in [0.05, 0.1) is 44.1 Å². The molecule has 0 bridgehead atoms. The van der Waals surface area contributed by atoms with Crippen molar-refractivity contribution in [2.75, 3.05) is 32.1 Å². The number of imidazole rings is 1. The van der Waals surface area contributed by atoms with Crippen LogP contribution in [0.5, 0.6) is 11.6 Å². The van der Waals surface area contributed by atoms with Gasteiger partial charge in [-0.3, -0.25) is 4.90 Å². The van der Waals surface area contributed by atoms with Crippen molar-refractivity contribution in [3.63, 3.8) is 0 Å². The Labute approximate surface area is 199 Å². The van der Waals surface area contributed by atoms with E-state index in [0.29, 0.717) is 43.7 Å². The lowest BCUT2D eigenvalue weighted by molar-refractivity contribution is -0.109. The molecule has 34 heavy (non-hydrogen) atoms. The second-order valence-corrected chi connectivity index (χ2v) is 8.58. The molecule has 1 N–H and O–H groups in total. The highest BCUT2D eigenvalue weighted by Gasteiger charge is 2.24. The van der Waals surface area contributed by atoms with E-state index in [0.717, 1.165) is 28.9 Å². The molecule has 9 heteroatoms. The van der Waals surface area contributed by atoms with Gasteiger partial charge in [-0.25, -0.2) is 4.98 Å². The number of carbonyl (C=O) groups is 1. The van der Waals surface area contributed by atoms with Crippen LogP contribution in [0.3, 0.4) is 0 Å². The number of methoxy groups -OCH3 is 1. The summed E-state index contributed by atoms with van der Waals surface area (Å²) < 4.78 is 19.5. The van der Waals surface area contributed by atoms with Crippen LogP contribution in [-0.2, 0) is 16.1 Å². The number of ether oxygens (including phenoxy) is 3. The summed E-state index contributed by atoms with van der Waals surface area (Å²) in [5.74, 6) is 1.91. The van der Waals surface area contributed by atoms with E-state index in [9.17, 15) is 4.79 Å². The molecule has 4 rings (SSSR count). The fourth-order valence-electron chi connectivity index (χ4n) is 3.85. The third-order valence-electron chi connectivity index (χ3n) is 5.46. The van der Waals surface area contributed by atoms with Crippen molar-refractivity contribution in [3.05, 3.63) is 54.1 Å². The van der Waals surface area contributed by atoms with Gasteiger partial charge in [0, 0.05) is 36.6 Å². The van der Waals surface area contributed by atoms with Crippen molar-refractivity contribution in [2.24, 2.45) is 0 Å². The zero-order valence-corrected chi connectivity index (χ0v) is 20.0. The zero-order valence-electron chi connectivity index (χ0n) is 20.0. The first-order valence-electron chi connectivity index (χ1n) is 11.4. The van der Waals surface area contributed by atoms with Gasteiger partial charge in [0.25, 0.3) is 0 Å². The first-order chi connectivity index (χ1) is 16.4. The lowest BCUT2D eigenvalue weighted by Crippen LogP contribution is -2.37. The number of pyridine rings is 1. The van der Waals surface area contributed by atoms with Crippen molar-refractivity contribution in [3.8, 4) is 17.3 Å². The van der Waals surface area contributed by atoms with Crippen LogP contribution < -0.4 is 14.8 Å². The molecule has 0 fully saturated rings. The summed E-state index contributed by atoms with van der Waals surface area (Å²) in [4.78, 5) is 22.2. The van der Waals surface area contributed by atoms with Gasteiger partial charge in [-0.2, -0.15) is 4.98 Å². The summed E-state index contributed by atoms with van der Waals surface area (Å²) in [6.07, 6.45) is 4.50. The number of aryl methyl sites for hydroxylation is 1. The number of fused-ring (bicyclic) bond motifs is 1. The number of hydrogen-bond donors (Lipinski definition) is 1. The van der Waals surface area contributed by atoms with E-state index in [-0.39, 0.29) is 12.2 Å². The van der Waals surface area contributed by atoms with Gasteiger partial charge >= 0.3 is 0 Å². The molecule has 0 spiro atoms. The number of benzene rings is 1. The maximum Gasteiger partial charge on any atom is 0.220 e. The van der Waals surface area contributed by atoms with E-state index in [1.807, 2.05) is 66.8 Å². The topological polar surface area (TPSA) is 90.7 Å². The minimum absolute atomic E-state index is 0.0935. The highest BCUT2D eigenvalue weighted by atomic mass is 16.5. The van der Waals surface area contributed by atoms with Gasteiger partial charge in [-0.05, 0) is 45.0 Å². The number of carbonyl (C=O) groups excluding carboxylic acids is 1. The summed E-state index contributed by atoms with van der Waals surface area (Å²) in [6, 6.07) is 9.75. The monoisotopic (exact) mass is 465 g/mol. The zero-order chi connectivity index (χ0) is 24.1. The second-order valence-electron chi connectivity index (χ2n) is 8.58. The van der Waals surface area contributed by atoms with Crippen molar-refractivity contribution >= 4 is 17.8 Å². The first-order valence-corrected chi connectivity index (χ1v) is 11.4. The summed E-state index contributed by atoms with van der Waals surface area (Å²) in [5, 5.41) is 3.34. The molecule has 0 saturated heterocycles. The SMILES string of the molecule is COc1cc(Nc2ccc3c(n2)OC(COC(C)C)CN(CC=O)C3)ccc1-n1cnc(C)c1. The lowest BCUT2D eigenvalue weighted by atomic mass is 10.2. The maximum atomic E-state index is 11.1. The largest absolute Gasteiger partial charge is 0.494 e. The van der Waals surface area contributed by atoms with Crippen molar-refractivity contribution < 1.29 is 19.0 Å². The van der Waals surface area contributed by atoms with Crippen LogP contribution in [0, 0.1) is 6.92 Å². The average molecular weight is 466 g/mol. The number of nitrogens with one attached hydrogen (secondary N) is 1. The molecule has 1 aliphatic rings. The Morgan fingerprint density at radius 1 is 1.29 bits per heavy atom. The van der Waals surface area contributed by atoms with Crippen LogP contribution in [0.25, 0.3) is 5.69 Å². The molecular formula is C25H31N5O4. The Morgan fingerprint density at radius 2 is 2.15 bits per heavy atom. The Kier molecular flexibility index (Phi) is 7.44. The molecule has 9 nitrogen and oxygen atoms in total. The van der Waals surface area contributed by atoms with E-state index < -0.39 is 0 Å². The Morgan fingerprint density at radius 3 is 2.85 bits per heavy atom. The number of anilines is 2. The number of nitrogens with zero attached hydrogens (tertiary/aromatic N) is 4. The van der Waals surface area contributed by atoms with Crippen molar-refractivity contribution in [1.82, 2.24) is 19.4 Å². The van der Waals surface area contributed by atoms with Crippen LogP contribution in [0.1, 0.15) is 25.1 Å². The summed E-state index contributed by atoms with van der Waals surface area (Å²) in [5.41, 5.74) is 3.60. The van der Waals surface area contributed by atoms with E-state index in [4.69, 9.17) is 19.2 Å². The second kappa shape index (κ2) is 10.7. The average Bonchev–Trinajstić information content (AvgIpc) is 3.16. The van der Waals surface area contributed by atoms with E-state index in [2.05, 4.69) is 10.3 Å². The number of aromatic nitrogens is 3. The molecule has 3 heterocycles. The predicted octanol–water partition coefficient (Wildman–Crippen LogP) is 3.51. The Bertz CT molecular complexity index is 1130. The molecule has 1 aromatic carbocycles. The normalized spacial score (nSPS) is 16.0. The molecule has 1 atom stereocenters. The molecule has 0 aliphatic carbocycles. The molecule has 3 aromatic rings. The summed E-state index contributed by atoms with van der Waals surface area (Å²) in [6.45, 7) is 7.87. The minimum Gasteiger partial charge on any atom is -0.494 e. The van der Waals surface area contributed by atoms with Gasteiger partial charge in [0.15, 0.2) is 0 Å². The first kappa shape index (κ1) is 23.7. The number of aldehydes is 1. The summed E-state index contributed by atoms with van der Waals surface area (Å²) in [7, 11) is 1.64. The van der Waals surface area contributed by atoms with Crippen molar-refractivity contribution in [1.29, 1.82) is 0 Å². The van der Waals surface area contributed by atoms with Gasteiger partial charge < -0.3 is 28.9 Å². The fraction of sp³-hybridized carbons (Fsp3) is 0.400. The predicted molar refractivity (Wildman–Crippen MR) is 129 cm³/mol. The molecule has 0 saturated carbocycles. The summed E-state index contributed by atoms with van der Waals surface area (Å²) >= 11 is 0. The van der Waals surface area contributed by atoms with Gasteiger partial charge in [0.2, 0.25) is 5.88 Å². The van der Waals surface area contributed by atoms with Gasteiger partial charge in [0.1, 0.15) is 24.0 Å². The van der Waals surface area contributed by atoms with E-state index in [1.54, 1.807) is 13.4 Å². The van der Waals surface area contributed by atoms with Gasteiger partial charge in [-0.15, -0.1) is 0 Å². The van der Waals surface area contributed by atoms with Crippen molar-refractivity contribution in [2.45, 2.75) is 39.5 Å². The van der Waals surface area contributed by atoms with E-state index >= 15 is 0 Å². The standard InChI is InChI=1S/C25H31N5O4/c1-17(2)33-15-21-14-29(9-10-31)13-19-5-8-24(28-25(19)34-21)27-20-6-7-22(23(11-20)32-4)30-12-18(3)26-16-30/h5-8,10-12,16-17,21H,9,13-15H2,1-4H3,(H,27,28). The van der Waals surface area contributed by atoms with Crippen LogP contribution in [0.15, 0.2) is 42.9 Å². The smallest absolute Gasteiger partial charge is 0.220 e. The van der Waals surface area contributed by atoms with Crippen LogP contribution >= 0.6 is 0 Å². The fourth-order valence-corrected chi connectivity index (χ4v) is 3.85. The number of rotatable bonds is 9. The van der Waals surface area contributed by atoms with Crippen LogP contribution in [0.2, 0.25) is 0 Å². The minimum atomic E-state index is -0.218. The molecule has 1 unspecified atom stereocenters. The van der Waals surface area contributed by atoms with E-state index in [1.165, 1.54) is 0 Å². The third-order valence-corrected chi connectivity index (χ3v) is 5.46. The highest BCUT2D eigenvalue weighted by molar-refractivity contribution is 5.63. The molecular weight excluding hydrogens is 434 g/mol. The molecule has 2 aromatic heterocycles. The molecule has 0 amide bonds.